The molecule has 1 atom stereocenters. The van der Waals surface area contributed by atoms with E-state index in [2.05, 4.69) is 13.2 Å². The third kappa shape index (κ3) is 6.07. The molecule has 0 saturated heterocycles. The highest BCUT2D eigenvalue weighted by atomic mass is 16.5. The van der Waals surface area contributed by atoms with Gasteiger partial charge in [-0.15, -0.1) is 6.58 Å². The number of hydrogen-bond acceptors (Lipinski definition) is 3. The van der Waals surface area contributed by atoms with E-state index in [9.17, 15) is 9.90 Å². The Morgan fingerprint density at radius 2 is 2.23 bits per heavy atom. The summed E-state index contributed by atoms with van der Waals surface area (Å²) >= 11 is 0. The smallest absolute Gasteiger partial charge is 0.331 e. The van der Waals surface area contributed by atoms with Crippen LogP contribution in [0.1, 0.15) is 6.42 Å². The van der Waals surface area contributed by atoms with Gasteiger partial charge in [-0.3, -0.25) is 0 Å². The number of ether oxygens (including phenoxy) is 1. The third-order valence-electron chi connectivity index (χ3n) is 1.33. The van der Waals surface area contributed by atoms with Crippen LogP contribution < -0.4 is 0 Å². The van der Waals surface area contributed by atoms with Gasteiger partial charge in [-0.05, 0) is 0 Å². The molecule has 0 aromatic rings. The Kier molecular flexibility index (Phi) is 5.84. The first kappa shape index (κ1) is 11.9. The Morgan fingerprint density at radius 3 is 2.69 bits per heavy atom. The van der Waals surface area contributed by atoms with Crippen molar-refractivity contribution in [2.24, 2.45) is 0 Å². The molecule has 4 nitrogen and oxygen atoms in total. The maximum absolute atomic E-state index is 10.3. The van der Waals surface area contributed by atoms with Gasteiger partial charge in [0.1, 0.15) is 0 Å². The van der Waals surface area contributed by atoms with Crippen LogP contribution in [-0.4, -0.2) is 35.5 Å². The Hall–Kier alpha value is -1.13. The summed E-state index contributed by atoms with van der Waals surface area (Å²) in [6, 6.07) is 0. The van der Waals surface area contributed by atoms with Crippen LogP contribution >= 0.6 is 0 Å². The lowest BCUT2D eigenvalue weighted by atomic mass is 10.1. The fraction of sp³-hybridized carbons (Fsp3) is 0.444. The minimum absolute atomic E-state index is 0.0188. The molecule has 0 saturated carbocycles. The molecule has 74 valence electrons. The molecule has 0 spiro atoms. The Balaban J connectivity index is 3.61. The van der Waals surface area contributed by atoms with Crippen molar-refractivity contribution in [1.29, 1.82) is 0 Å². The highest BCUT2D eigenvalue weighted by Crippen LogP contribution is 2.03. The predicted octanol–water partition coefficient (Wildman–Crippen LogP) is 0.581. The second-order valence-electron chi connectivity index (χ2n) is 2.59. The normalized spacial score (nSPS) is 12.1. The van der Waals surface area contributed by atoms with E-state index in [0.717, 1.165) is 0 Å². The molecule has 1 unspecified atom stereocenters. The number of aliphatic hydroxyl groups is 1. The van der Waals surface area contributed by atoms with Gasteiger partial charge in [0.15, 0.2) is 0 Å². The fourth-order valence-electron chi connectivity index (χ4n) is 0.718. The second kappa shape index (κ2) is 6.39. The summed E-state index contributed by atoms with van der Waals surface area (Å²) in [4.78, 5) is 10.3. The zero-order valence-corrected chi connectivity index (χ0v) is 7.40. The lowest BCUT2D eigenvalue weighted by Crippen LogP contribution is -2.18. The first-order chi connectivity index (χ1) is 6.07. The van der Waals surface area contributed by atoms with Gasteiger partial charge in [0.25, 0.3) is 0 Å². The summed E-state index contributed by atoms with van der Waals surface area (Å²) in [6.45, 7) is 7.15. The minimum Gasteiger partial charge on any atom is -0.478 e. The molecular weight excluding hydrogens is 172 g/mol. The summed E-state index contributed by atoms with van der Waals surface area (Å²) in [5.41, 5.74) is -0.0188. The number of carbonyl (C=O) groups is 1. The molecule has 0 rings (SSSR count). The molecule has 0 aliphatic rings. The van der Waals surface area contributed by atoms with Gasteiger partial charge < -0.3 is 14.9 Å². The van der Waals surface area contributed by atoms with Crippen molar-refractivity contribution in [1.82, 2.24) is 0 Å². The standard InChI is InChI=1S/C9H14O4/c1-3-4-13-6-8(10)5-7(2)9(11)12/h3,8,10H,1-2,4-6H2,(H,11,12). The van der Waals surface area contributed by atoms with Gasteiger partial charge in [-0.1, -0.05) is 12.7 Å². The van der Waals surface area contributed by atoms with Crippen molar-refractivity contribution in [3.8, 4) is 0 Å². The largest absolute Gasteiger partial charge is 0.478 e. The molecule has 0 radical (unpaired) electrons. The SMILES string of the molecule is C=CCOCC(O)CC(=C)C(=O)O. The van der Waals surface area contributed by atoms with E-state index in [1.54, 1.807) is 6.08 Å². The molecule has 0 aromatic carbocycles. The highest BCUT2D eigenvalue weighted by Gasteiger charge is 2.10. The van der Waals surface area contributed by atoms with Crippen LogP contribution in [0, 0.1) is 0 Å². The lowest BCUT2D eigenvalue weighted by Gasteiger charge is -2.09. The van der Waals surface area contributed by atoms with Crippen LogP contribution in [0.4, 0.5) is 0 Å². The number of rotatable bonds is 7. The maximum atomic E-state index is 10.3. The van der Waals surface area contributed by atoms with E-state index in [-0.39, 0.29) is 18.6 Å². The van der Waals surface area contributed by atoms with Crippen LogP contribution in [-0.2, 0) is 9.53 Å². The van der Waals surface area contributed by atoms with E-state index in [1.165, 1.54) is 0 Å². The molecule has 0 aliphatic carbocycles. The van der Waals surface area contributed by atoms with Gasteiger partial charge in [-0.25, -0.2) is 4.79 Å². The number of carboxylic acid groups (broad SMARTS) is 1. The van der Waals surface area contributed by atoms with Crippen molar-refractivity contribution in [2.45, 2.75) is 12.5 Å². The molecule has 0 heterocycles. The van der Waals surface area contributed by atoms with Gasteiger partial charge in [-0.2, -0.15) is 0 Å². The summed E-state index contributed by atoms with van der Waals surface area (Å²) in [5.74, 6) is -1.09. The summed E-state index contributed by atoms with van der Waals surface area (Å²) < 4.78 is 4.92. The zero-order valence-electron chi connectivity index (χ0n) is 7.40. The average molecular weight is 186 g/mol. The zero-order chi connectivity index (χ0) is 10.3. The molecule has 0 fully saturated rings. The van der Waals surface area contributed by atoms with Crippen molar-refractivity contribution >= 4 is 5.97 Å². The molecule has 0 aromatic heterocycles. The first-order valence-corrected chi connectivity index (χ1v) is 3.85. The van der Waals surface area contributed by atoms with Crippen LogP contribution in [0.5, 0.6) is 0 Å². The number of carboxylic acids is 1. The summed E-state index contributed by atoms with van der Waals surface area (Å²) in [6.07, 6.45) is 0.758. The molecule has 0 aliphatic heterocycles. The maximum Gasteiger partial charge on any atom is 0.331 e. The van der Waals surface area contributed by atoms with Crippen LogP contribution in [0.2, 0.25) is 0 Å². The van der Waals surface area contributed by atoms with E-state index in [0.29, 0.717) is 6.61 Å². The molecule has 4 heteroatoms. The second-order valence-corrected chi connectivity index (χ2v) is 2.59. The Labute approximate surface area is 77.1 Å². The Morgan fingerprint density at radius 1 is 1.62 bits per heavy atom. The minimum atomic E-state index is -1.09. The van der Waals surface area contributed by atoms with Crippen LogP contribution in [0.15, 0.2) is 24.8 Å². The van der Waals surface area contributed by atoms with E-state index >= 15 is 0 Å². The van der Waals surface area contributed by atoms with Crippen LogP contribution in [0.3, 0.4) is 0 Å². The van der Waals surface area contributed by atoms with E-state index in [4.69, 9.17) is 9.84 Å². The predicted molar refractivity (Wildman–Crippen MR) is 48.4 cm³/mol. The molecule has 0 amide bonds. The van der Waals surface area contributed by atoms with Gasteiger partial charge in [0.05, 0.1) is 19.3 Å². The van der Waals surface area contributed by atoms with E-state index in [1.807, 2.05) is 0 Å². The van der Waals surface area contributed by atoms with Crippen molar-refractivity contribution in [3.05, 3.63) is 24.8 Å². The van der Waals surface area contributed by atoms with Gasteiger partial charge in [0.2, 0.25) is 0 Å². The number of aliphatic hydroxyl groups excluding tert-OH is 1. The van der Waals surface area contributed by atoms with Crippen molar-refractivity contribution in [2.75, 3.05) is 13.2 Å². The number of aliphatic carboxylic acids is 1. The van der Waals surface area contributed by atoms with Crippen molar-refractivity contribution in [3.63, 3.8) is 0 Å². The topological polar surface area (TPSA) is 66.8 Å². The quantitative estimate of drug-likeness (QED) is 0.347. The lowest BCUT2D eigenvalue weighted by molar-refractivity contribution is -0.133. The highest BCUT2D eigenvalue weighted by molar-refractivity contribution is 5.85. The molecule has 2 N–H and O–H groups in total. The van der Waals surface area contributed by atoms with Crippen LogP contribution in [0.25, 0.3) is 0 Å². The van der Waals surface area contributed by atoms with Crippen molar-refractivity contribution < 1.29 is 19.7 Å². The number of hydrogen-bond donors (Lipinski definition) is 2. The molecule has 13 heavy (non-hydrogen) atoms. The van der Waals surface area contributed by atoms with Gasteiger partial charge in [0, 0.05) is 12.0 Å². The van der Waals surface area contributed by atoms with Gasteiger partial charge >= 0.3 is 5.97 Å². The third-order valence-corrected chi connectivity index (χ3v) is 1.33. The monoisotopic (exact) mass is 186 g/mol. The summed E-state index contributed by atoms with van der Waals surface area (Å²) in [7, 11) is 0. The first-order valence-electron chi connectivity index (χ1n) is 3.85. The van der Waals surface area contributed by atoms with E-state index < -0.39 is 12.1 Å². The molecular formula is C9H14O4. The average Bonchev–Trinajstić information content (AvgIpc) is 2.04. The summed E-state index contributed by atoms with van der Waals surface area (Å²) in [5, 5.41) is 17.6. The Bertz CT molecular complexity index is 198. The fourth-order valence-corrected chi connectivity index (χ4v) is 0.718. The molecule has 0 bridgehead atoms.